The van der Waals surface area contributed by atoms with Crippen molar-refractivity contribution < 1.29 is 14.4 Å². The Hall–Kier alpha value is -3.67. The number of aryl methyl sites for hydroxylation is 3. The van der Waals surface area contributed by atoms with E-state index in [-0.39, 0.29) is 18.2 Å². The van der Waals surface area contributed by atoms with Gasteiger partial charge in [0.1, 0.15) is 5.54 Å². The highest BCUT2D eigenvalue weighted by Crippen LogP contribution is 2.40. The molecule has 3 aromatic rings. The number of hydrogen-bond acceptors (Lipinski definition) is 3. The summed E-state index contributed by atoms with van der Waals surface area (Å²) in [5, 5.41) is 2.92. The number of carbonyl (C=O) groups excluding carboxylic acids is 3. The highest BCUT2D eigenvalue weighted by atomic mass is 16.2. The van der Waals surface area contributed by atoms with Crippen molar-refractivity contribution in [2.45, 2.75) is 45.6 Å². The minimum Gasteiger partial charge on any atom is -0.319 e. The summed E-state index contributed by atoms with van der Waals surface area (Å²) >= 11 is 0. The van der Waals surface area contributed by atoms with E-state index in [4.69, 9.17) is 0 Å². The molecule has 168 valence electrons. The maximum atomic E-state index is 13.5. The molecular formula is C27H27N3O3. The second kappa shape index (κ2) is 7.73. The standard InChI is InChI=1S/C27H27N3O3/c1-17-10-12-21(13-11-17)30-18(2)15-22(19(30)3)24(31)16-29-25(32)27(28-26(29)33)14-6-8-20-7-4-5-9-23(20)27/h4-5,7,9-13,15H,6,8,14,16H2,1-3H3,(H,28,33). The molecule has 1 N–H and O–H groups in total. The molecule has 6 heteroatoms. The van der Waals surface area contributed by atoms with Crippen LogP contribution < -0.4 is 5.32 Å². The summed E-state index contributed by atoms with van der Waals surface area (Å²) in [4.78, 5) is 40.8. The number of Topliss-reactive ketones (excluding diaryl/α,β-unsaturated/α-hetero) is 1. The highest BCUT2D eigenvalue weighted by Gasteiger charge is 2.54. The van der Waals surface area contributed by atoms with Gasteiger partial charge in [-0.3, -0.25) is 14.5 Å². The Balaban J connectivity index is 1.44. The first kappa shape index (κ1) is 21.2. The molecule has 1 saturated heterocycles. The number of ketones is 1. The van der Waals surface area contributed by atoms with E-state index in [1.807, 2.05) is 79.9 Å². The second-order valence-corrected chi connectivity index (χ2v) is 9.12. The molecule has 1 atom stereocenters. The van der Waals surface area contributed by atoms with E-state index >= 15 is 0 Å². The Morgan fingerprint density at radius 2 is 1.76 bits per heavy atom. The number of carbonyl (C=O) groups is 3. The summed E-state index contributed by atoms with van der Waals surface area (Å²) in [6.07, 6.45) is 2.23. The third-order valence-electron chi connectivity index (χ3n) is 6.98. The van der Waals surface area contributed by atoms with Gasteiger partial charge < -0.3 is 9.88 Å². The van der Waals surface area contributed by atoms with Crippen LogP contribution in [0.1, 0.15) is 51.3 Å². The van der Waals surface area contributed by atoms with Crippen LogP contribution in [0.2, 0.25) is 0 Å². The third kappa shape index (κ3) is 3.28. The van der Waals surface area contributed by atoms with Gasteiger partial charge in [-0.15, -0.1) is 0 Å². The molecule has 0 radical (unpaired) electrons. The summed E-state index contributed by atoms with van der Waals surface area (Å²) in [5.74, 6) is -0.577. The lowest BCUT2D eigenvalue weighted by Gasteiger charge is -2.33. The molecule has 1 unspecified atom stereocenters. The van der Waals surface area contributed by atoms with Crippen LogP contribution in [0.5, 0.6) is 0 Å². The number of urea groups is 1. The highest BCUT2D eigenvalue weighted by molar-refractivity contribution is 6.12. The van der Waals surface area contributed by atoms with Gasteiger partial charge in [0.2, 0.25) is 0 Å². The number of amides is 3. The largest absolute Gasteiger partial charge is 0.325 e. The maximum Gasteiger partial charge on any atom is 0.325 e. The van der Waals surface area contributed by atoms with E-state index in [0.717, 1.165) is 51.5 Å². The lowest BCUT2D eigenvalue weighted by atomic mass is 9.76. The van der Waals surface area contributed by atoms with Crippen molar-refractivity contribution in [2.75, 3.05) is 6.54 Å². The Morgan fingerprint density at radius 3 is 2.52 bits per heavy atom. The molecule has 2 aliphatic rings. The molecule has 6 nitrogen and oxygen atoms in total. The molecule has 1 spiro atoms. The van der Waals surface area contributed by atoms with E-state index in [2.05, 4.69) is 5.32 Å². The van der Waals surface area contributed by atoms with Crippen LogP contribution in [0.3, 0.4) is 0 Å². The van der Waals surface area contributed by atoms with Crippen LogP contribution in [0, 0.1) is 20.8 Å². The number of nitrogens with zero attached hydrogens (tertiary/aromatic N) is 2. The summed E-state index contributed by atoms with van der Waals surface area (Å²) in [5.41, 5.74) is 5.25. The Morgan fingerprint density at radius 1 is 1.03 bits per heavy atom. The number of aromatic nitrogens is 1. The van der Waals surface area contributed by atoms with Gasteiger partial charge in [-0.1, -0.05) is 42.0 Å². The maximum absolute atomic E-state index is 13.5. The minimum atomic E-state index is -1.06. The van der Waals surface area contributed by atoms with Crippen LogP contribution in [-0.2, 0) is 16.8 Å². The molecule has 5 rings (SSSR count). The minimum absolute atomic E-state index is 0.244. The Kier molecular flexibility index (Phi) is 4.96. The van der Waals surface area contributed by atoms with Crippen LogP contribution in [0.4, 0.5) is 4.79 Å². The van der Waals surface area contributed by atoms with Crippen molar-refractivity contribution in [1.82, 2.24) is 14.8 Å². The predicted molar refractivity (Wildman–Crippen MR) is 126 cm³/mol. The van der Waals surface area contributed by atoms with Gasteiger partial charge in [-0.2, -0.15) is 0 Å². The molecule has 2 aromatic carbocycles. The Labute approximate surface area is 193 Å². The summed E-state index contributed by atoms with van der Waals surface area (Å²) in [6.45, 7) is 5.60. The van der Waals surface area contributed by atoms with E-state index < -0.39 is 11.6 Å². The van der Waals surface area contributed by atoms with Gasteiger partial charge in [0, 0.05) is 22.6 Å². The van der Waals surface area contributed by atoms with Gasteiger partial charge in [0.25, 0.3) is 5.91 Å². The molecule has 2 heterocycles. The third-order valence-corrected chi connectivity index (χ3v) is 6.98. The quantitative estimate of drug-likeness (QED) is 0.483. The fraction of sp³-hybridized carbons (Fsp3) is 0.296. The molecule has 1 fully saturated rings. The average Bonchev–Trinajstić information content (AvgIpc) is 3.23. The summed E-state index contributed by atoms with van der Waals surface area (Å²) in [6, 6.07) is 17.2. The topological polar surface area (TPSA) is 71.4 Å². The lowest BCUT2D eigenvalue weighted by molar-refractivity contribution is -0.131. The van der Waals surface area contributed by atoms with Crippen LogP contribution in [0.25, 0.3) is 5.69 Å². The molecule has 1 aliphatic carbocycles. The fourth-order valence-corrected chi connectivity index (χ4v) is 5.32. The predicted octanol–water partition coefficient (Wildman–Crippen LogP) is 4.37. The number of imide groups is 1. The van der Waals surface area contributed by atoms with Gasteiger partial charge >= 0.3 is 6.03 Å². The van der Waals surface area contributed by atoms with Crippen LogP contribution in [0.15, 0.2) is 54.6 Å². The van der Waals surface area contributed by atoms with E-state index in [1.165, 1.54) is 0 Å². The summed E-state index contributed by atoms with van der Waals surface area (Å²) < 4.78 is 2.03. The van der Waals surface area contributed by atoms with Crippen molar-refractivity contribution in [3.05, 3.63) is 88.2 Å². The van der Waals surface area contributed by atoms with Crippen molar-refractivity contribution in [3.63, 3.8) is 0 Å². The Bertz CT molecular complexity index is 1290. The molecule has 3 amide bonds. The molecule has 1 aromatic heterocycles. The van der Waals surface area contributed by atoms with Crippen molar-refractivity contribution in [1.29, 1.82) is 0 Å². The van der Waals surface area contributed by atoms with Gasteiger partial charge in [-0.25, -0.2) is 4.79 Å². The number of benzene rings is 2. The first-order valence-electron chi connectivity index (χ1n) is 11.3. The number of hydrogen-bond donors (Lipinski definition) is 1. The number of nitrogens with one attached hydrogen (secondary N) is 1. The zero-order chi connectivity index (χ0) is 23.3. The molecular weight excluding hydrogens is 414 g/mol. The molecule has 0 saturated carbocycles. The van der Waals surface area contributed by atoms with Crippen molar-refractivity contribution in [3.8, 4) is 5.69 Å². The fourth-order valence-electron chi connectivity index (χ4n) is 5.32. The van der Waals surface area contributed by atoms with Crippen LogP contribution in [-0.4, -0.2) is 33.7 Å². The van der Waals surface area contributed by atoms with Gasteiger partial charge in [0.15, 0.2) is 5.78 Å². The average molecular weight is 442 g/mol. The lowest BCUT2D eigenvalue weighted by Crippen LogP contribution is -2.46. The first-order valence-corrected chi connectivity index (χ1v) is 11.3. The second-order valence-electron chi connectivity index (χ2n) is 9.12. The zero-order valence-corrected chi connectivity index (χ0v) is 19.1. The smallest absolute Gasteiger partial charge is 0.319 e. The molecule has 1 aliphatic heterocycles. The van der Waals surface area contributed by atoms with Crippen molar-refractivity contribution >= 4 is 17.7 Å². The zero-order valence-electron chi connectivity index (χ0n) is 19.1. The van der Waals surface area contributed by atoms with Gasteiger partial charge in [-0.05, 0) is 69.4 Å². The molecule has 0 bridgehead atoms. The normalized spacial score (nSPS) is 19.7. The number of fused-ring (bicyclic) bond motifs is 2. The SMILES string of the molecule is Cc1ccc(-n2c(C)cc(C(=O)CN3C(=O)NC4(CCCc5ccccc54)C3=O)c2C)cc1. The van der Waals surface area contributed by atoms with E-state index in [0.29, 0.717) is 12.0 Å². The van der Waals surface area contributed by atoms with E-state index in [9.17, 15) is 14.4 Å². The first-order chi connectivity index (χ1) is 15.8. The molecule has 33 heavy (non-hydrogen) atoms. The van der Waals surface area contributed by atoms with Crippen molar-refractivity contribution in [2.24, 2.45) is 0 Å². The van der Waals surface area contributed by atoms with E-state index in [1.54, 1.807) is 0 Å². The van der Waals surface area contributed by atoms with Gasteiger partial charge in [0.05, 0.1) is 6.54 Å². The number of rotatable bonds is 4. The van der Waals surface area contributed by atoms with Crippen LogP contribution >= 0.6 is 0 Å². The monoisotopic (exact) mass is 441 g/mol. The summed E-state index contributed by atoms with van der Waals surface area (Å²) in [7, 11) is 0.